The molecule has 1 heterocycles. The molecule has 0 fully saturated rings. The molecule has 65 valence electrons. The summed E-state index contributed by atoms with van der Waals surface area (Å²) in [5.74, 6) is 0. The first-order chi connectivity index (χ1) is 6.31. The maximum absolute atomic E-state index is 11.1. The van der Waals surface area contributed by atoms with Gasteiger partial charge in [-0.05, 0) is 25.0 Å². The third kappa shape index (κ3) is 1.35. The summed E-state index contributed by atoms with van der Waals surface area (Å²) in [6.45, 7) is 3.77. The van der Waals surface area contributed by atoms with Crippen molar-refractivity contribution in [3.05, 3.63) is 53.2 Å². The maximum Gasteiger partial charge on any atom is 0.336 e. The molecule has 0 aliphatic carbocycles. The fraction of sp³-hybridized carbons (Fsp3) is 0.0909. The lowest BCUT2D eigenvalue weighted by Crippen LogP contribution is -1.99. The second-order valence-electron chi connectivity index (χ2n) is 2.84. The van der Waals surface area contributed by atoms with Crippen molar-refractivity contribution >= 4 is 11.0 Å². The molecule has 0 amide bonds. The molecule has 2 rings (SSSR count). The van der Waals surface area contributed by atoms with Gasteiger partial charge in [0.1, 0.15) is 5.58 Å². The van der Waals surface area contributed by atoms with Crippen molar-refractivity contribution in [3.8, 4) is 0 Å². The lowest BCUT2D eigenvalue weighted by molar-refractivity contribution is 0.559. The van der Waals surface area contributed by atoms with Crippen molar-refractivity contribution < 1.29 is 4.42 Å². The molecule has 0 atom stereocenters. The third-order valence-electron chi connectivity index (χ3n) is 2.00. The molecule has 1 radical (unpaired) electrons. The van der Waals surface area contributed by atoms with Crippen LogP contribution in [0.1, 0.15) is 5.56 Å². The number of benzene rings is 1. The van der Waals surface area contributed by atoms with Gasteiger partial charge in [0.2, 0.25) is 0 Å². The van der Waals surface area contributed by atoms with Crippen molar-refractivity contribution in [2.45, 2.75) is 6.42 Å². The van der Waals surface area contributed by atoms with Gasteiger partial charge >= 0.3 is 5.63 Å². The van der Waals surface area contributed by atoms with Gasteiger partial charge in [0.05, 0.1) is 0 Å². The summed E-state index contributed by atoms with van der Waals surface area (Å²) >= 11 is 0. The highest BCUT2D eigenvalue weighted by Crippen LogP contribution is 2.16. The normalized spacial score (nSPS) is 10.5. The van der Waals surface area contributed by atoms with Crippen LogP contribution in [-0.2, 0) is 6.42 Å². The van der Waals surface area contributed by atoms with Crippen LogP contribution in [0.3, 0.4) is 0 Å². The van der Waals surface area contributed by atoms with E-state index < -0.39 is 0 Å². The van der Waals surface area contributed by atoms with Gasteiger partial charge in [-0.1, -0.05) is 18.2 Å². The number of fused-ring (bicyclic) bond motifs is 1. The number of hydrogen-bond acceptors (Lipinski definition) is 2. The van der Waals surface area contributed by atoms with E-state index in [1.807, 2.05) is 18.2 Å². The van der Waals surface area contributed by atoms with Gasteiger partial charge in [-0.3, -0.25) is 0 Å². The molecule has 1 aromatic carbocycles. The van der Waals surface area contributed by atoms with E-state index in [2.05, 4.69) is 6.92 Å². The van der Waals surface area contributed by atoms with Crippen molar-refractivity contribution in [3.63, 3.8) is 0 Å². The monoisotopic (exact) mass is 173 g/mol. The molecule has 0 saturated carbocycles. The predicted octanol–water partition coefficient (Wildman–Crippen LogP) is 2.17. The Bertz CT molecular complexity index is 483. The zero-order valence-corrected chi connectivity index (χ0v) is 7.12. The molecule has 2 heteroatoms. The smallest absolute Gasteiger partial charge is 0.336 e. The quantitative estimate of drug-likeness (QED) is 0.618. The van der Waals surface area contributed by atoms with Gasteiger partial charge in [0, 0.05) is 11.5 Å². The highest BCUT2D eigenvalue weighted by molar-refractivity contribution is 5.79. The Morgan fingerprint density at radius 2 is 2.08 bits per heavy atom. The zero-order chi connectivity index (χ0) is 9.26. The molecular weight excluding hydrogens is 164 g/mol. The molecule has 1 aromatic heterocycles. The van der Waals surface area contributed by atoms with Crippen LogP contribution in [0.4, 0.5) is 0 Å². The fourth-order valence-corrected chi connectivity index (χ4v) is 1.39. The van der Waals surface area contributed by atoms with Crippen LogP contribution < -0.4 is 5.63 Å². The van der Waals surface area contributed by atoms with Crippen LogP contribution in [0.2, 0.25) is 0 Å². The Balaban J connectivity index is 2.89. The number of hydrogen-bond donors (Lipinski definition) is 0. The molecule has 2 aromatic rings. The summed E-state index contributed by atoms with van der Waals surface area (Å²) in [6, 6.07) is 8.98. The first-order valence-corrected chi connectivity index (χ1v) is 4.12. The largest absolute Gasteiger partial charge is 0.423 e. The molecule has 2 nitrogen and oxygen atoms in total. The van der Waals surface area contributed by atoms with Crippen LogP contribution in [0.15, 0.2) is 39.5 Å². The van der Waals surface area contributed by atoms with Gasteiger partial charge in [-0.25, -0.2) is 4.79 Å². The van der Waals surface area contributed by atoms with E-state index in [0.29, 0.717) is 12.0 Å². The molecule has 0 aliphatic rings. The standard InChI is InChI=1S/C11H9O2/c1-2-8-7-11(12)13-10-6-4-3-5-9(8)10/h3-7H,1-2H2. The Labute approximate surface area is 75.8 Å². The minimum atomic E-state index is -0.308. The molecule has 0 spiro atoms. The topological polar surface area (TPSA) is 30.2 Å². The average molecular weight is 173 g/mol. The third-order valence-corrected chi connectivity index (χ3v) is 2.00. The highest BCUT2D eigenvalue weighted by Gasteiger charge is 2.01. The van der Waals surface area contributed by atoms with E-state index >= 15 is 0 Å². The van der Waals surface area contributed by atoms with Crippen molar-refractivity contribution in [1.29, 1.82) is 0 Å². The Hall–Kier alpha value is -1.57. The summed E-state index contributed by atoms with van der Waals surface area (Å²) < 4.78 is 5.02. The molecular formula is C11H9O2. The van der Waals surface area contributed by atoms with E-state index in [-0.39, 0.29) is 5.63 Å². The SMILES string of the molecule is [CH2]Cc1cc(=O)oc2ccccc12. The van der Waals surface area contributed by atoms with Crippen LogP contribution in [0.5, 0.6) is 0 Å². The van der Waals surface area contributed by atoms with Gasteiger partial charge in [-0.2, -0.15) is 0 Å². The molecule has 0 bridgehead atoms. The summed E-state index contributed by atoms with van der Waals surface area (Å²) in [4.78, 5) is 11.1. The molecule has 0 saturated heterocycles. The zero-order valence-electron chi connectivity index (χ0n) is 7.12. The first-order valence-electron chi connectivity index (χ1n) is 4.12. The van der Waals surface area contributed by atoms with E-state index in [9.17, 15) is 4.79 Å². The van der Waals surface area contributed by atoms with E-state index in [4.69, 9.17) is 4.42 Å². The maximum atomic E-state index is 11.1. The van der Waals surface area contributed by atoms with Crippen molar-refractivity contribution in [2.75, 3.05) is 0 Å². The summed E-state index contributed by atoms with van der Waals surface area (Å²) in [6.07, 6.45) is 0.603. The molecule has 0 unspecified atom stereocenters. The first kappa shape index (κ1) is 8.05. The highest BCUT2D eigenvalue weighted by atomic mass is 16.4. The van der Waals surface area contributed by atoms with Crippen LogP contribution in [-0.4, -0.2) is 0 Å². The average Bonchev–Trinajstić information content (AvgIpc) is 2.16. The van der Waals surface area contributed by atoms with Gasteiger partial charge in [-0.15, -0.1) is 0 Å². The lowest BCUT2D eigenvalue weighted by Gasteiger charge is -2.00. The predicted molar refractivity (Wildman–Crippen MR) is 51.5 cm³/mol. The summed E-state index contributed by atoms with van der Waals surface area (Å²) in [7, 11) is 0. The van der Waals surface area contributed by atoms with Gasteiger partial charge < -0.3 is 4.42 Å². The van der Waals surface area contributed by atoms with Crippen LogP contribution >= 0.6 is 0 Å². The minimum absolute atomic E-state index is 0.308. The number of rotatable bonds is 1. The van der Waals surface area contributed by atoms with E-state index in [1.54, 1.807) is 6.07 Å². The Kier molecular flexibility index (Phi) is 1.89. The molecule has 13 heavy (non-hydrogen) atoms. The van der Waals surface area contributed by atoms with Crippen LogP contribution in [0.25, 0.3) is 11.0 Å². The second kappa shape index (κ2) is 3.05. The number of para-hydroxylation sites is 1. The minimum Gasteiger partial charge on any atom is -0.423 e. The molecule has 0 aliphatic heterocycles. The van der Waals surface area contributed by atoms with Crippen molar-refractivity contribution in [2.24, 2.45) is 0 Å². The fourth-order valence-electron chi connectivity index (χ4n) is 1.39. The van der Waals surface area contributed by atoms with Crippen molar-refractivity contribution in [1.82, 2.24) is 0 Å². The van der Waals surface area contributed by atoms with E-state index in [1.165, 1.54) is 6.07 Å². The molecule has 0 N–H and O–H groups in total. The Morgan fingerprint density at radius 3 is 2.85 bits per heavy atom. The van der Waals surface area contributed by atoms with Crippen LogP contribution in [0, 0.1) is 6.92 Å². The lowest BCUT2D eigenvalue weighted by atomic mass is 10.1. The van der Waals surface area contributed by atoms with Gasteiger partial charge in [0.25, 0.3) is 0 Å². The summed E-state index contributed by atoms with van der Waals surface area (Å²) in [5.41, 5.74) is 1.26. The van der Waals surface area contributed by atoms with Gasteiger partial charge in [0.15, 0.2) is 0 Å². The summed E-state index contributed by atoms with van der Waals surface area (Å²) in [5, 5.41) is 0.970. The second-order valence-corrected chi connectivity index (χ2v) is 2.84. The van der Waals surface area contributed by atoms with E-state index in [0.717, 1.165) is 10.9 Å². The Morgan fingerprint density at radius 1 is 1.31 bits per heavy atom.